The molecule has 1 rings (SSSR count). The number of rotatable bonds is 3. The fourth-order valence-electron chi connectivity index (χ4n) is 0.723. The van der Waals surface area contributed by atoms with Gasteiger partial charge in [-0.15, -0.1) is 0 Å². The normalized spacial score (nSPS) is 19.5. The highest BCUT2D eigenvalue weighted by Crippen LogP contribution is 2.35. The molecule has 0 amide bonds. The van der Waals surface area contributed by atoms with Crippen molar-refractivity contribution in [2.24, 2.45) is 5.73 Å². The third kappa shape index (κ3) is 2.76. The van der Waals surface area contributed by atoms with Gasteiger partial charge in [0, 0.05) is 5.75 Å². The Kier molecular flexibility index (Phi) is 3.29. The molecule has 3 N–H and O–H groups in total. The van der Waals surface area contributed by atoms with E-state index in [0.29, 0.717) is 6.42 Å². The lowest BCUT2D eigenvalue weighted by Gasteiger charge is -2.04. The molecule has 0 aliphatic carbocycles. The largest absolute Gasteiger partial charge is 0.480 e. The molecule has 0 spiro atoms. The molecule has 0 bridgehead atoms. The number of carbonyl (C=O) groups is 1. The van der Waals surface area contributed by atoms with Crippen molar-refractivity contribution < 1.29 is 9.90 Å². The van der Waals surface area contributed by atoms with Gasteiger partial charge in [0.15, 0.2) is 0 Å². The zero-order valence-electron chi connectivity index (χ0n) is 5.82. The van der Waals surface area contributed by atoms with E-state index < -0.39 is 12.0 Å². The third-order valence-corrected chi connectivity index (χ3v) is 3.43. The zero-order valence-corrected chi connectivity index (χ0v) is 7.45. The number of hydrogen-bond donors (Lipinski definition) is 2. The first-order valence-electron chi connectivity index (χ1n) is 3.14. The van der Waals surface area contributed by atoms with Gasteiger partial charge in [0.1, 0.15) is 6.04 Å². The lowest BCUT2D eigenvalue weighted by molar-refractivity contribution is -0.138. The summed E-state index contributed by atoms with van der Waals surface area (Å²) < 4.78 is 0. The maximum absolute atomic E-state index is 10.3. The van der Waals surface area contributed by atoms with Crippen LogP contribution in [0.15, 0.2) is 11.0 Å². The standard InChI is InChI=1S/C6H9NO2S2/c7-5(6(8)9)1-4-2-10-11-3-4/h2,5H,1,3,7H2,(H,8,9)/t5-/m0/s1. The average molecular weight is 191 g/mol. The Hall–Kier alpha value is -0.130. The Labute approximate surface area is 72.8 Å². The summed E-state index contributed by atoms with van der Waals surface area (Å²) in [6, 6.07) is -0.736. The Morgan fingerprint density at radius 1 is 1.91 bits per heavy atom. The molecule has 0 aromatic carbocycles. The van der Waals surface area contributed by atoms with Gasteiger partial charge in [0.2, 0.25) is 0 Å². The maximum atomic E-state index is 10.3. The van der Waals surface area contributed by atoms with Gasteiger partial charge in [-0.25, -0.2) is 0 Å². The molecule has 3 nitrogen and oxygen atoms in total. The predicted octanol–water partition coefficient (Wildman–Crippen LogP) is 1.07. The second kappa shape index (κ2) is 4.04. The van der Waals surface area contributed by atoms with Crippen LogP contribution < -0.4 is 5.73 Å². The number of carboxylic acid groups (broad SMARTS) is 1. The molecule has 62 valence electrons. The highest BCUT2D eigenvalue weighted by Gasteiger charge is 2.15. The molecule has 1 atom stereocenters. The van der Waals surface area contributed by atoms with E-state index in [1.165, 1.54) is 0 Å². The zero-order chi connectivity index (χ0) is 8.27. The summed E-state index contributed by atoms with van der Waals surface area (Å²) in [5.74, 6) is -0.0150. The van der Waals surface area contributed by atoms with Gasteiger partial charge >= 0.3 is 5.97 Å². The van der Waals surface area contributed by atoms with Crippen molar-refractivity contribution >= 4 is 27.6 Å². The van der Waals surface area contributed by atoms with E-state index >= 15 is 0 Å². The number of nitrogens with two attached hydrogens (primary N) is 1. The molecule has 0 unspecified atom stereocenters. The minimum Gasteiger partial charge on any atom is -0.480 e. The fraction of sp³-hybridized carbons (Fsp3) is 0.500. The van der Waals surface area contributed by atoms with Gasteiger partial charge < -0.3 is 10.8 Å². The minimum atomic E-state index is -0.923. The topological polar surface area (TPSA) is 63.3 Å². The molecule has 5 heteroatoms. The van der Waals surface area contributed by atoms with Gasteiger partial charge in [-0.05, 0) is 11.8 Å². The first-order valence-corrected chi connectivity index (χ1v) is 5.53. The van der Waals surface area contributed by atoms with Gasteiger partial charge in [0.05, 0.1) is 0 Å². The van der Waals surface area contributed by atoms with Gasteiger partial charge in [0.25, 0.3) is 0 Å². The summed E-state index contributed by atoms with van der Waals surface area (Å²) in [7, 11) is 3.35. The van der Waals surface area contributed by atoms with Gasteiger partial charge in [-0.2, -0.15) is 0 Å². The van der Waals surface area contributed by atoms with Crippen LogP contribution in [0.25, 0.3) is 0 Å². The van der Waals surface area contributed by atoms with E-state index in [1.54, 1.807) is 21.6 Å². The molecule has 0 saturated carbocycles. The third-order valence-electron chi connectivity index (χ3n) is 1.33. The van der Waals surface area contributed by atoms with Crippen LogP contribution in [0.1, 0.15) is 6.42 Å². The molecular weight excluding hydrogens is 182 g/mol. The lowest BCUT2D eigenvalue weighted by Crippen LogP contribution is -2.30. The Morgan fingerprint density at radius 2 is 2.64 bits per heavy atom. The van der Waals surface area contributed by atoms with Crippen LogP contribution in [-0.4, -0.2) is 22.9 Å². The van der Waals surface area contributed by atoms with E-state index in [-0.39, 0.29) is 0 Å². The molecule has 0 fully saturated rings. The Morgan fingerprint density at radius 3 is 3.09 bits per heavy atom. The van der Waals surface area contributed by atoms with Crippen LogP contribution in [0.3, 0.4) is 0 Å². The quantitative estimate of drug-likeness (QED) is 0.653. The molecular formula is C6H9NO2S2. The highest BCUT2D eigenvalue weighted by atomic mass is 33.1. The van der Waals surface area contributed by atoms with Crippen molar-refractivity contribution in [3.63, 3.8) is 0 Å². The molecule has 1 heterocycles. The molecule has 11 heavy (non-hydrogen) atoms. The van der Waals surface area contributed by atoms with E-state index in [0.717, 1.165) is 11.3 Å². The van der Waals surface area contributed by atoms with Crippen LogP contribution >= 0.6 is 21.6 Å². The van der Waals surface area contributed by atoms with E-state index in [4.69, 9.17) is 10.8 Å². The molecule has 0 radical (unpaired) electrons. The average Bonchev–Trinajstić information content (AvgIpc) is 2.39. The van der Waals surface area contributed by atoms with Crippen molar-refractivity contribution in [3.8, 4) is 0 Å². The van der Waals surface area contributed by atoms with Crippen molar-refractivity contribution in [3.05, 3.63) is 11.0 Å². The second-order valence-electron chi connectivity index (χ2n) is 2.28. The van der Waals surface area contributed by atoms with Gasteiger partial charge in [-0.3, -0.25) is 4.79 Å². The Bertz CT molecular complexity index is 193. The monoisotopic (exact) mass is 191 g/mol. The molecule has 1 aliphatic rings. The van der Waals surface area contributed by atoms with Gasteiger partial charge in [-0.1, -0.05) is 27.2 Å². The first-order chi connectivity index (χ1) is 5.20. The first kappa shape index (κ1) is 8.96. The summed E-state index contributed by atoms with van der Waals surface area (Å²) in [5.41, 5.74) is 6.47. The van der Waals surface area contributed by atoms with E-state index in [2.05, 4.69) is 0 Å². The van der Waals surface area contributed by atoms with Crippen LogP contribution in [0.2, 0.25) is 0 Å². The van der Waals surface area contributed by atoms with E-state index in [9.17, 15) is 4.79 Å². The van der Waals surface area contributed by atoms with Crippen molar-refractivity contribution in [2.45, 2.75) is 12.5 Å². The summed E-state index contributed by atoms with van der Waals surface area (Å²) >= 11 is 0. The summed E-state index contributed by atoms with van der Waals surface area (Å²) in [6.45, 7) is 0. The molecule has 0 saturated heterocycles. The SMILES string of the molecule is N[C@@H](CC1=CSSC1)C(=O)O. The minimum absolute atomic E-state index is 0.481. The van der Waals surface area contributed by atoms with Crippen LogP contribution in [0.4, 0.5) is 0 Å². The highest BCUT2D eigenvalue weighted by molar-refractivity contribution is 8.78. The lowest BCUT2D eigenvalue weighted by atomic mass is 10.1. The van der Waals surface area contributed by atoms with Crippen molar-refractivity contribution in [1.29, 1.82) is 0 Å². The number of aliphatic carboxylic acids is 1. The Balaban J connectivity index is 2.35. The smallest absolute Gasteiger partial charge is 0.320 e. The number of hydrogen-bond acceptors (Lipinski definition) is 4. The van der Waals surface area contributed by atoms with Crippen molar-refractivity contribution in [1.82, 2.24) is 0 Å². The van der Waals surface area contributed by atoms with Crippen LogP contribution in [0, 0.1) is 0 Å². The van der Waals surface area contributed by atoms with Crippen molar-refractivity contribution in [2.75, 3.05) is 5.75 Å². The fourth-order valence-corrected chi connectivity index (χ4v) is 2.90. The molecule has 1 aliphatic heterocycles. The van der Waals surface area contributed by atoms with E-state index in [1.807, 2.05) is 5.41 Å². The molecule has 0 aromatic rings. The summed E-state index contributed by atoms with van der Waals surface area (Å²) in [5, 5.41) is 10.5. The summed E-state index contributed by atoms with van der Waals surface area (Å²) in [6.07, 6.45) is 0.481. The number of carboxylic acids is 1. The maximum Gasteiger partial charge on any atom is 0.320 e. The summed E-state index contributed by atoms with van der Waals surface area (Å²) in [4.78, 5) is 10.3. The molecule has 0 aromatic heterocycles. The van der Waals surface area contributed by atoms with Crippen LogP contribution in [0.5, 0.6) is 0 Å². The second-order valence-corrected chi connectivity index (χ2v) is 4.52. The predicted molar refractivity (Wildman–Crippen MR) is 48.4 cm³/mol. The van der Waals surface area contributed by atoms with Crippen LogP contribution in [-0.2, 0) is 4.79 Å².